The van der Waals surface area contributed by atoms with Gasteiger partial charge in [0.05, 0.1) is 13.2 Å². The SMILES string of the molecule is COCOc1ccc(OCOCC2CO2)cc1. The number of rotatable bonds is 8. The molecule has 0 radical (unpaired) electrons. The van der Waals surface area contributed by atoms with Crippen LogP contribution in [0.3, 0.4) is 0 Å². The molecule has 2 rings (SSSR count). The van der Waals surface area contributed by atoms with Crippen LogP contribution < -0.4 is 9.47 Å². The molecule has 0 aromatic heterocycles. The van der Waals surface area contributed by atoms with Crippen LogP contribution in [-0.2, 0) is 14.2 Å². The van der Waals surface area contributed by atoms with E-state index in [0.29, 0.717) is 6.61 Å². The van der Waals surface area contributed by atoms with E-state index in [-0.39, 0.29) is 19.7 Å². The van der Waals surface area contributed by atoms with Crippen molar-refractivity contribution in [3.05, 3.63) is 24.3 Å². The van der Waals surface area contributed by atoms with Crippen LogP contribution in [0, 0.1) is 0 Å². The van der Waals surface area contributed by atoms with Gasteiger partial charge in [-0.1, -0.05) is 0 Å². The Morgan fingerprint density at radius 3 is 2.24 bits per heavy atom. The minimum Gasteiger partial charge on any atom is -0.468 e. The van der Waals surface area contributed by atoms with Gasteiger partial charge in [-0.3, -0.25) is 0 Å². The Morgan fingerprint density at radius 2 is 1.71 bits per heavy atom. The third kappa shape index (κ3) is 4.60. The van der Waals surface area contributed by atoms with Crippen LogP contribution in [0.2, 0.25) is 0 Å². The molecule has 17 heavy (non-hydrogen) atoms. The fraction of sp³-hybridized carbons (Fsp3) is 0.500. The highest BCUT2D eigenvalue weighted by Crippen LogP contribution is 2.17. The van der Waals surface area contributed by atoms with Crippen LogP contribution in [0.4, 0.5) is 0 Å². The van der Waals surface area contributed by atoms with Gasteiger partial charge in [0.1, 0.15) is 17.6 Å². The molecule has 0 aliphatic carbocycles. The Kier molecular flexibility index (Phi) is 4.61. The number of benzene rings is 1. The molecule has 1 aliphatic heterocycles. The van der Waals surface area contributed by atoms with Crippen molar-refractivity contribution in [3.8, 4) is 11.5 Å². The summed E-state index contributed by atoms with van der Waals surface area (Å²) < 4.78 is 25.7. The van der Waals surface area contributed by atoms with Crippen molar-refractivity contribution >= 4 is 0 Å². The van der Waals surface area contributed by atoms with Crippen molar-refractivity contribution in [3.63, 3.8) is 0 Å². The van der Waals surface area contributed by atoms with Crippen LogP contribution in [-0.4, -0.2) is 40.0 Å². The molecular formula is C12H16O5. The number of methoxy groups -OCH3 is 1. The topological polar surface area (TPSA) is 49.5 Å². The first-order valence-corrected chi connectivity index (χ1v) is 5.42. The second-order valence-corrected chi connectivity index (χ2v) is 3.61. The Morgan fingerprint density at radius 1 is 1.12 bits per heavy atom. The molecule has 1 heterocycles. The first kappa shape index (κ1) is 12.2. The zero-order chi connectivity index (χ0) is 11.9. The molecule has 1 aromatic rings. The molecule has 0 saturated carbocycles. The standard InChI is InChI=1S/C12H16O5/c1-13-8-16-10-2-4-11(5-3-10)17-9-14-6-12-7-15-12/h2-5,12H,6-9H2,1H3. The zero-order valence-corrected chi connectivity index (χ0v) is 9.76. The molecule has 1 fully saturated rings. The lowest BCUT2D eigenvalue weighted by molar-refractivity contribution is 0.00809. The maximum absolute atomic E-state index is 5.38. The van der Waals surface area contributed by atoms with E-state index in [1.807, 2.05) is 24.3 Å². The summed E-state index contributed by atoms with van der Waals surface area (Å²) in [7, 11) is 1.58. The summed E-state index contributed by atoms with van der Waals surface area (Å²) in [5.41, 5.74) is 0. The number of epoxide rings is 1. The van der Waals surface area contributed by atoms with Gasteiger partial charge < -0.3 is 23.7 Å². The van der Waals surface area contributed by atoms with Gasteiger partial charge in [-0.05, 0) is 24.3 Å². The normalized spacial score (nSPS) is 17.8. The lowest BCUT2D eigenvalue weighted by atomic mass is 10.3. The van der Waals surface area contributed by atoms with Crippen molar-refractivity contribution in [1.82, 2.24) is 0 Å². The molecule has 1 unspecified atom stereocenters. The summed E-state index contributed by atoms with van der Waals surface area (Å²) in [6.45, 7) is 1.86. The van der Waals surface area contributed by atoms with E-state index < -0.39 is 0 Å². The van der Waals surface area contributed by atoms with Gasteiger partial charge in [0.25, 0.3) is 0 Å². The summed E-state index contributed by atoms with van der Waals surface area (Å²) in [6, 6.07) is 7.28. The van der Waals surface area contributed by atoms with Crippen molar-refractivity contribution < 1.29 is 23.7 Å². The van der Waals surface area contributed by atoms with Gasteiger partial charge in [0.15, 0.2) is 13.6 Å². The summed E-state index contributed by atoms with van der Waals surface area (Å²) >= 11 is 0. The minimum absolute atomic E-state index is 0.234. The predicted molar refractivity (Wildman–Crippen MR) is 60.1 cm³/mol. The third-order valence-electron chi connectivity index (χ3n) is 2.18. The molecule has 1 atom stereocenters. The Labute approximate surface area is 100 Å². The number of ether oxygens (including phenoxy) is 5. The highest BCUT2D eigenvalue weighted by atomic mass is 16.7. The molecule has 94 valence electrons. The number of hydrogen-bond acceptors (Lipinski definition) is 5. The maximum atomic E-state index is 5.38. The molecule has 0 spiro atoms. The van der Waals surface area contributed by atoms with E-state index >= 15 is 0 Å². The highest BCUT2D eigenvalue weighted by molar-refractivity contribution is 5.31. The molecule has 1 aromatic carbocycles. The molecule has 1 saturated heterocycles. The Bertz CT molecular complexity index is 320. The van der Waals surface area contributed by atoms with E-state index in [0.717, 1.165) is 18.1 Å². The molecule has 0 bridgehead atoms. The Balaban J connectivity index is 1.65. The second kappa shape index (κ2) is 6.44. The average Bonchev–Trinajstić information content (AvgIpc) is 3.18. The van der Waals surface area contributed by atoms with Crippen LogP contribution in [0.5, 0.6) is 11.5 Å². The Hall–Kier alpha value is -1.30. The fourth-order valence-corrected chi connectivity index (χ4v) is 1.21. The second-order valence-electron chi connectivity index (χ2n) is 3.61. The molecule has 0 amide bonds. The molecule has 0 N–H and O–H groups in total. The molecule has 1 aliphatic rings. The van der Waals surface area contributed by atoms with E-state index in [9.17, 15) is 0 Å². The first-order chi connectivity index (χ1) is 8.38. The van der Waals surface area contributed by atoms with Crippen LogP contribution >= 0.6 is 0 Å². The van der Waals surface area contributed by atoms with Crippen molar-refractivity contribution in [2.45, 2.75) is 6.10 Å². The van der Waals surface area contributed by atoms with E-state index in [1.54, 1.807) is 7.11 Å². The molecule has 5 heteroatoms. The third-order valence-corrected chi connectivity index (χ3v) is 2.18. The van der Waals surface area contributed by atoms with E-state index in [2.05, 4.69) is 0 Å². The summed E-state index contributed by atoms with van der Waals surface area (Å²) in [5.74, 6) is 1.48. The van der Waals surface area contributed by atoms with Gasteiger partial charge in [-0.15, -0.1) is 0 Å². The van der Waals surface area contributed by atoms with Gasteiger partial charge in [-0.2, -0.15) is 0 Å². The first-order valence-electron chi connectivity index (χ1n) is 5.42. The van der Waals surface area contributed by atoms with Gasteiger partial charge in [0, 0.05) is 7.11 Å². The smallest absolute Gasteiger partial charge is 0.189 e. The lowest BCUT2D eigenvalue weighted by Crippen LogP contribution is -2.07. The summed E-state index contributed by atoms with van der Waals surface area (Å²) in [4.78, 5) is 0. The summed E-state index contributed by atoms with van der Waals surface area (Å²) in [6.07, 6.45) is 0.267. The zero-order valence-electron chi connectivity index (χ0n) is 9.76. The van der Waals surface area contributed by atoms with Crippen LogP contribution in [0.25, 0.3) is 0 Å². The van der Waals surface area contributed by atoms with Crippen molar-refractivity contribution in [2.24, 2.45) is 0 Å². The van der Waals surface area contributed by atoms with Crippen molar-refractivity contribution in [2.75, 3.05) is 33.9 Å². The number of hydrogen-bond donors (Lipinski definition) is 0. The minimum atomic E-state index is 0.234. The maximum Gasteiger partial charge on any atom is 0.189 e. The predicted octanol–water partition coefficient (Wildman–Crippen LogP) is 1.42. The van der Waals surface area contributed by atoms with E-state index in [1.165, 1.54) is 0 Å². The van der Waals surface area contributed by atoms with Gasteiger partial charge in [-0.25, -0.2) is 0 Å². The van der Waals surface area contributed by atoms with Gasteiger partial charge in [0.2, 0.25) is 0 Å². The molecular weight excluding hydrogens is 224 g/mol. The van der Waals surface area contributed by atoms with Crippen LogP contribution in [0.1, 0.15) is 0 Å². The van der Waals surface area contributed by atoms with Crippen molar-refractivity contribution in [1.29, 1.82) is 0 Å². The molecule has 5 nitrogen and oxygen atoms in total. The fourth-order valence-electron chi connectivity index (χ4n) is 1.21. The summed E-state index contributed by atoms with van der Waals surface area (Å²) in [5, 5.41) is 0. The highest BCUT2D eigenvalue weighted by Gasteiger charge is 2.22. The largest absolute Gasteiger partial charge is 0.468 e. The lowest BCUT2D eigenvalue weighted by Gasteiger charge is -2.08. The average molecular weight is 240 g/mol. The van der Waals surface area contributed by atoms with Crippen LogP contribution in [0.15, 0.2) is 24.3 Å². The monoisotopic (exact) mass is 240 g/mol. The van der Waals surface area contributed by atoms with E-state index in [4.69, 9.17) is 23.7 Å². The van der Waals surface area contributed by atoms with Gasteiger partial charge >= 0.3 is 0 Å². The quantitative estimate of drug-likeness (QED) is 0.391.